The smallest absolute Gasteiger partial charge is 0.0648 e. The maximum absolute atomic E-state index is 6.25. The Morgan fingerprint density at radius 2 is 2.00 bits per heavy atom. The van der Waals surface area contributed by atoms with Crippen LogP contribution in [-0.4, -0.2) is 0 Å². The maximum atomic E-state index is 6.25. The molecule has 2 N–H and O–H groups in total. The van der Waals surface area contributed by atoms with Gasteiger partial charge in [0.15, 0.2) is 0 Å². The first-order valence-electron chi connectivity index (χ1n) is 5.19. The third kappa shape index (κ3) is 2.11. The van der Waals surface area contributed by atoms with Crippen molar-refractivity contribution >= 4 is 11.3 Å². The van der Waals surface area contributed by atoms with Crippen LogP contribution < -0.4 is 5.73 Å². The largest absolute Gasteiger partial charge is 0.320 e. The molecule has 1 heterocycles. The van der Waals surface area contributed by atoms with Gasteiger partial charge >= 0.3 is 0 Å². The first-order valence-corrected chi connectivity index (χ1v) is 6.07. The molecule has 2 heteroatoms. The molecule has 0 saturated heterocycles. The van der Waals surface area contributed by atoms with Crippen LogP contribution >= 0.6 is 11.3 Å². The summed E-state index contributed by atoms with van der Waals surface area (Å²) in [5.41, 5.74) is 8.85. The summed E-state index contributed by atoms with van der Waals surface area (Å²) in [5.74, 6) is 0. The van der Waals surface area contributed by atoms with Crippen molar-refractivity contribution < 1.29 is 0 Å². The quantitative estimate of drug-likeness (QED) is 0.838. The van der Waals surface area contributed by atoms with Crippen LogP contribution in [-0.2, 0) is 6.42 Å². The Morgan fingerprint density at radius 3 is 2.67 bits per heavy atom. The minimum atomic E-state index is 0.0288. The summed E-state index contributed by atoms with van der Waals surface area (Å²) in [5, 5.41) is 2.07. The van der Waals surface area contributed by atoms with Crippen molar-refractivity contribution in [2.75, 3.05) is 0 Å². The van der Waals surface area contributed by atoms with E-state index in [1.165, 1.54) is 16.0 Å². The van der Waals surface area contributed by atoms with Crippen LogP contribution in [0.15, 0.2) is 41.8 Å². The molecule has 1 atom stereocenters. The number of benzene rings is 1. The molecule has 0 saturated carbocycles. The van der Waals surface area contributed by atoms with Crippen LogP contribution in [0.2, 0.25) is 0 Å². The van der Waals surface area contributed by atoms with Crippen molar-refractivity contribution in [1.29, 1.82) is 0 Å². The Hall–Kier alpha value is -1.12. The summed E-state index contributed by atoms with van der Waals surface area (Å²) in [6, 6.07) is 12.6. The Labute approximate surface area is 94.6 Å². The van der Waals surface area contributed by atoms with E-state index in [-0.39, 0.29) is 6.04 Å². The topological polar surface area (TPSA) is 26.0 Å². The number of rotatable bonds is 3. The van der Waals surface area contributed by atoms with Gasteiger partial charge in [0.25, 0.3) is 0 Å². The van der Waals surface area contributed by atoms with Gasteiger partial charge in [0.05, 0.1) is 6.04 Å². The van der Waals surface area contributed by atoms with Gasteiger partial charge in [0.1, 0.15) is 0 Å². The molecule has 0 aliphatic heterocycles. The molecule has 1 unspecified atom stereocenters. The van der Waals surface area contributed by atoms with E-state index in [1.54, 1.807) is 11.3 Å². The molecule has 1 aromatic carbocycles. The van der Waals surface area contributed by atoms with Crippen molar-refractivity contribution in [3.63, 3.8) is 0 Å². The Bertz CT molecular complexity index is 420. The Balaban J connectivity index is 2.37. The highest BCUT2D eigenvalue weighted by atomic mass is 32.1. The molecule has 0 aliphatic carbocycles. The van der Waals surface area contributed by atoms with Gasteiger partial charge in [0, 0.05) is 4.88 Å². The van der Waals surface area contributed by atoms with Crippen molar-refractivity contribution in [2.45, 2.75) is 19.4 Å². The maximum Gasteiger partial charge on any atom is 0.0648 e. The fourth-order valence-corrected chi connectivity index (χ4v) is 2.53. The van der Waals surface area contributed by atoms with Gasteiger partial charge in [-0.25, -0.2) is 0 Å². The molecule has 15 heavy (non-hydrogen) atoms. The standard InChI is InChI=1S/C13H15NS/c1-2-10-6-3-4-7-11(10)13(14)12-8-5-9-15-12/h3-9,13H,2,14H2,1H3. The molecule has 0 fully saturated rings. The van der Waals surface area contributed by atoms with Gasteiger partial charge in [-0.15, -0.1) is 11.3 Å². The summed E-state index contributed by atoms with van der Waals surface area (Å²) in [7, 11) is 0. The second kappa shape index (κ2) is 4.60. The lowest BCUT2D eigenvalue weighted by atomic mass is 9.98. The molecule has 2 rings (SSSR count). The molecule has 78 valence electrons. The van der Waals surface area contributed by atoms with Crippen LogP contribution in [0.5, 0.6) is 0 Å². The summed E-state index contributed by atoms with van der Waals surface area (Å²) in [4.78, 5) is 1.23. The first kappa shape index (κ1) is 10.4. The summed E-state index contributed by atoms with van der Waals surface area (Å²) in [6.07, 6.45) is 1.04. The van der Waals surface area contributed by atoms with Crippen LogP contribution in [0.1, 0.15) is 29.0 Å². The molecule has 2 aromatic rings. The van der Waals surface area contributed by atoms with Gasteiger partial charge in [-0.2, -0.15) is 0 Å². The molecule has 0 amide bonds. The molecule has 0 spiro atoms. The predicted molar refractivity (Wildman–Crippen MR) is 66.2 cm³/mol. The molecular formula is C13H15NS. The van der Waals surface area contributed by atoms with E-state index >= 15 is 0 Å². The number of hydrogen-bond donors (Lipinski definition) is 1. The van der Waals surface area contributed by atoms with Crippen molar-refractivity contribution in [2.24, 2.45) is 5.73 Å². The molecule has 0 radical (unpaired) electrons. The summed E-state index contributed by atoms with van der Waals surface area (Å²) >= 11 is 1.72. The average Bonchev–Trinajstić information content (AvgIpc) is 2.81. The third-order valence-corrected chi connectivity index (χ3v) is 3.58. The van der Waals surface area contributed by atoms with E-state index in [4.69, 9.17) is 5.73 Å². The zero-order valence-corrected chi connectivity index (χ0v) is 9.63. The van der Waals surface area contributed by atoms with Crippen molar-refractivity contribution in [3.8, 4) is 0 Å². The first-order chi connectivity index (χ1) is 7.33. The second-order valence-electron chi connectivity index (χ2n) is 3.55. The fraction of sp³-hybridized carbons (Fsp3) is 0.231. The molecular weight excluding hydrogens is 202 g/mol. The van der Waals surface area contributed by atoms with Gasteiger partial charge in [-0.3, -0.25) is 0 Å². The molecule has 1 aromatic heterocycles. The SMILES string of the molecule is CCc1ccccc1C(N)c1cccs1. The number of hydrogen-bond acceptors (Lipinski definition) is 2. The van der Waals surface area contributed by atoms with Crippen LogP contribution in [0.25, 0.3) is 0 Å². The van der Waals surface area contributed by atoms with Crippen molar-refractivity contribution in [1.82, 2.24) is 0 Å². The van der Waals surface area contributed by atoms with Gasteiger partial charge < -0.3 is 5.73 Å². The van der Waals surface area contributed by atoms with Crippen LogP contribution in [0, 0.1) is 0 Å². The Kier molecular flexibility index (Phi) is 3.19. The highest BCUT2D eigenvalue weighted by molar-refractivity contribution is 7.10. The van der Waals surface area contributed by atoms with E-state index < -0.39 is 0 Å². The third-order valence-electron chi connectivity index (χ3n) is 2.62. The second-order valence-corrected chi connectivity index (χ2v) is 4.52. The highest BCUT2D eigenvalue weighted by Crippen LogP contribution is 2.26. The summed E-state index contributed by atoms with van der Waals surface area (Å²) in [6.45, 7) is 2.17. The Morgan fingerprint density at radius 1 is 1.20 bits per heavy atom. The van der Waals surface area contributed by atoms with Crippen LogP contribution in [0.3, 0.4) is 0 Å². The van der Waals surface area contributed by atoms with Crippen LogP contribution in [0.4, 0.5) is 0 Å². The van der Waals surface area contributed by atoms with Gasteiger partial charge in [0.2, 0.25) is 0 Å². The summed E-state index contributed by atoms with van der Waals surface area (Å²) < 4.78 is 0. The van der Waals surface area contributed by atoms with E-state index in [9.17, 15) is 0 Å². The average molecular weight is 217 g/mol. The predicted octanol–water partition coefficient (Wildman–Crippen LogP) is 3.36. The lowest BCUT2D eigenvalue weighted by Crippen LogP contribution is -2.12. The number of nitrogens with two attached hydrogens (primary N) is 1. The monoisotopic (exact) mass is 217 g/mol. The van der Waals surface area contributed by atoms with E-state index in [0.29, 0.717) is 0 Å². The van der Waals surface area contributed by atoms with E-state index in [0.717, 1.165) is 6.42 Å². The number of aryl methyl sites for hydroxylation is 1. The lowest BCUT2D eigenvalue weighted by Gasteiger charge is -2.14. The van der Waals surface area contributed by atoms with Crippen molar-refractivity contribution in [3.05, 3.63) is 57.8 Å². The van der Waals surface area contributed by atoms with E-state index in [2.05, 4.69) is 48.7 Å². The minimum absolute atomic E-state index is 0.0288. The lowest BCUT2D eigenvalue weighted by molar-refractivity contribution is 0.868. The highest BCUT2D eigenvalue weighted by Gasteiger charge is 2.12. The molecule has 1 nitrogen and oxygen atoms in total. The van der Waals surface area contributed by atoms with Gasteiger partial charge in [-0.1, -0.05) is 37.3 Å². The zero-order valence-electron chi connectivity index (χ0n) is 8.81. The van der Waals surface area contributed by atoms with E-state index in [1.807, 2.05) is 0 Å². The zero-order chi connectivity index (χ0) is 10.7. The van der Waals surface area contributed by atoms with Gasteiger partial charge in [-0.05, 0) is 29.0 Å². The number of thiophene rings is 1. The minimum Gasteiger partial charge on any atom is -0.320 e. The molecule has 0 aliphatic rings. The normalized spacial score (nSPS) is 12.7. The molecule has 0 bridgehead atoms. The fourth-order valence-electron chi connectivity index (χ4n) is 1.78.